The summed E-state index contributed by atoms with van der Waals surface area (Å²) in [6, 6.07) is 10.4. The first-order valence-corrected chi connectivity index (χ1v) is 14.4. The van der Waals surface area contributed by atoms with Gasteiger partial charge in [0.25, 0.3) is 10.0 Å². The lowest BCUT2D eigenvalue weighted by Crippen LogP contribution is -2.32. The molecule has 3 aliphatic rings. The van der Waals surface area contributed by atoms with E-state index in [1.165, 1.54) is 40.9 Å². The van der Waals surface area contributed by atoms with Crippen LogP contribution in [0.5, 0.6) is 0 Å². The van der Waals surface area contributed by atoms with Crippen LogP contribution in [-0.4, -0.2) is 49.4 Å². The average molecular weight is 500 g/mol. The van der Waals surface area contributed by atoms with Crippen molar-refractivity contribution in [3.05, 3.63) is 53.7 Å². The van der Waals surface area contributed by atoms with E-state index in [1.807, 2.05) is 6.20 Å². The van der Waals surface area contributed by atoms with E-state index in [9.17, 15) is 13.2 Å². The number of anilines is 1. The Morgan fingerprint density at radius 2 is 1.94 bits per heavy atom. The molecule has 2 atom stereocenters. The van der Waals surface area contributed by atoms with Crippen LogP contribution < -0.4 is 4.31 Å². The van der Waals surface area contributed by atoms with Crippen molar-refractivity contribution in [3.8, 4) is 0 Å². The minimum Gasteiger partial charge on any atom is -0.461 e. The van der Waals surface area contributed by atoms with E-state index >= 15 is 0 Å². The molecule has 3 heterocycles. The number of aliphatic imine (C=N–C) groups is 1. The Kier molecular flexibility index (Phi) is 6.66. The van der Waals surface area contributed by atoms with Crippen molar-refractivity contribution < 1.29 is 17.9 Å². The molecule has 1 aromatic carbocycles. The predicted molar refractivity (Wildman–Crippen MR) is 134 cm³/mol. The number of sulfonamides is 1. The summed E-state index contributed by atoms with van der Waals surface area (Å²) in [6.45, 7) is 2.33. The molecular formula is C25H29N3O4S2. The summed E-state index contributed by atoms with van der Waals surface area (Å²) in [5, 5.41) is 0.370. The van der Waals surface area contributed by atoms with Crippen LogP contribution in [0.4, 0.5) is 5.82 Å². The fraction of sp³-hybridized carbons (Fsp3) is 0.480. The zero-order chi connectivity index (χ0) is 23.7. The van der Waals surface area contributed by atoms with E-state index in [2.05, 4.69) is 11.1 Å². The van der Waals surface area contributed by atoms with Gasteiger partial charge >= 0.3 is 5.97 Å². The molecule has 9 heteroatoms. The SMILES string of the molecule is CCOC(=O)C1=NC(C2CN(S(=O)(=O)c3ccccc3)c3ncc(C4CCCCC4)cc32)CS1. The zero-order valence-electron chi connectivity index (χ0n) is 19.2. The quantitative estimate of drug-likeness (QED) is 0.544. The number of esters is 1. The van der Waals surface area contributed by atoms with Gasteiger partial charge in [-0.15, -0.1) is 0 Å². The van der Waals surface area contributed by atoms with E-state index in [1.54, 1.807) is 37.3 Å². The summed E-state index contributed by atoms with van der Waals surface area (Å²) >= 11 is 1.38. The number of thioether (sulfide) groups is 1. The molecule has 1 aromatic heterocycles. The number of aromatic nitrogens is 1. The molecule has 1 aliphatic carbocycles. The minimum absolute atomic E-state index is 0.163. The van der Waals surface area contributed by atoms with Crippen molar-refractivity contribution in [2.45, 2.75) is 61.8 Å². The van der Waals surface area contributed by atoms with Gasteiger partial charge in [-0.3, -0.25) is 4.99 Å². The van der Waals surface area contributed by atoms with Crippen molar-refractivity contribution in [1.82, 2.24) is 4.98 Å². The highest BCUT2D eigenvalue weighted by atomic mass is 32.2. The molecule has 1 fully saturated rings. The molecule has 5 rings (SSSR count). The van der Waals surface area contributed by atoms with Crippen molar-refractivity contribution >= 4 is 38.6 Å². The van der Waals surface area contributed by atoms with E-state index in [0.717, 1.165) is 18.4 Å². The molecule has 2 aromatic rings. The summed E-state index contributed by atoms with van der Waals surface area (Å²) in [5.74, 6) is 0.993. The monoisotopic (exact) mass is 499 g/mol. The Balaban J connectivity index is 1.53. The van der Waals surface area contributed by atoms with Crippen LogP contribution >= 0.6 is 11.8 Å². The Morgan fingerprint density at radius 3 is 2.68 bits per heavy atom. The number of pyridine rings is 1. The van der Waals surface area contributed by atoms with Crippen LogP contribution in [0.3, 0.4) is 0 Å². The second-order valence-electron chi connectivity index (χ2n) is 9.01. The van der Waals surface area contributed by atoms with Gasteiger partial charge in [0.15, 0.2) is 5.04 Å². The van der Waals surface area contributed by atoms with Crippen molar-refractivity contribution in [1.29, 1.82) is 0 Å². The van der Waals surface area contributed by atoms with Crippen molar-refractivity contribution in [2.75, 3.05) is 23.2 Å². The van der Waals surface area contributed by atoms with Gasteiger partial charge in [0.1, 0.15) is 5.82 Å². The van der Waals surface area contributed by atoms with Gasteiger partial charge in [-0.25, -0.2) is 22.5 Å². The fourth-order valence-electron chi connectivity index (χ4n) is 5.16. The maximum atomic E-state index is 13.6. The Bertz CT molecular complexity index is 1190. The molecule has 0 saturated heterocycles. The van der Waals surface area contributed by atoms with Crippen LogP contribution in [-0.2, 0) is 19.6 Å². The van der Waals surface area contributed by atoms with Crippen LogP contribution in [0.25, 0.3) is 0 Å². The molecule has 0 bridgehead atoms. The third-order valence-corrected chi connectivity index (χ3v) is 9.73. The van der Waals surface area contributed by atoms with Crippen LogP contribution in [0, 0.1) is 0 Å². The predicted octanol–water partition coefficient (Wildman–Crippen LogP) is 4.50. The number of hydrogen-bond donors (Lipinski definition) is 0. The molecule has 2 aliphatic heterocycles. The summed E-state index contributed by atoms with van der Waals surface area (Å²) in [6.07, 6.45) is 7.84. The number of benzene rings is 1. The van der Waals surface area contributed by atoms with E-state index < -0.39 is 16.0 Å². The number of ether oxygens (including phenoxy) is 1. The summed E-state index contributed by atoms with van der Waals surface area (Å²) in [5.41, 5.74) is 2.10. The third kappa shape index (κ3) is 4.35. The van der Waals surface area contributed by atoms with E-state index in [4.69, 9.17) is 9.72 Å². The van der Waals surface area contributed by atoms with Gasteiger partial charge in [0.2, 0.25) is 0 Å². The number of rotatable bonds is 6. The highest BCUT2D eigenvalue weighted by Gasteiger charge is 2.43. The van der Waals surface area contributed by atoms with E-state index in [0.29, 0.717) is 29.1 Å². The molecule has 34 heavy (non-hydrogen) atoms. The normalized spacial score (nSPS) is 23.0. The number of carbonyl (C=O) groups is 1. The summed E-state index contributed by atoms with van der Waals surface area (Å²) in [4.78, 5) is 21.9. The largest absolute Gasteiger partial charge is 0.461 e. The first-order chi connectivity index (χ1) is 16.5. The maximum Gasteiger partial charge on any atom is 0.363 e. The van der Waals surface area contributed by atoms with Gasteiger partial charge < -0.3 is 4.74 Å². The number of nitrogens with zero attached hydrogens (tertiary/aromatic N) is 3. The van der Waals surface area contributed by atoms with Gasteiger partial charge in [-0.1, -0.05) is 49.2 Å². The topological polar surface area (TPSA) is 88.9 Å². The van der Waals surface area contributed by atoms with Crippen LogP contribution in [0.15, 0.2) is 52.5 Å². The maximum absolute atomic E-state index is 13.6. The van der Waals surface area contributed by atoms with Gasteiger partial charge in [0, 0.05) is 30.0 Å². The average Bonchev–Trinajstić information content (AvgIpc) is 3.50. The van der Waals surface area contributed by atoms with Crippen molar-refractivity contribution in [2.24, 2.45) is 4.99 Å². The number of carbonyl (C=O) groups excluding carboxylic acids is 1. The molecule has 0 N–H and O–H groups in total. The van der Waals surface area contributed by atoms with Crippen LogP contribution in [0.1, 0.15) is 62.0 Å². The molecule has 1 saturated carbocycles. The zero-order valence-corrected chi connectivity index (χ0v) is 20.9. The minimum atomic E-state index is -3.77. The smallest absolute Gasteiger partial charge is 0.363 e. The highest BCUT2D eigenvalue weighted by Crippen LogP contribution is 2.45. The second kappa shape index (κ2) is 9.70. The Morgan fingerprint density at radius 1 is 1.18 bits per heavy atom. The lowest BCUT2D eigenvalue weighted by molar-refractivity contribution is -0.134. The van der Waals surface area contributed by atoms with Crippen molar-refractivity contribution in [3.63, 3.8) is 0 Å². The van der Waals surface area contributed by atoms with Crippen LogP contribution in [0.2, 0.25) is 0 Å². The molecular weight excluding hydrogens is 470 g/mol. The summed E-state index contributed by atoms with van der Waals surface area (Å²) < 4.78 is 33.7. The summed E-state index contributed by atoms with van der Waals surface area (Å²) in [7, 11) is -3.77. The first-order valence-electron chi connectivity index (χ1n) is 11.9. The molecule has 2 unspecified atom stereocenters. The molecule has 0 amide bonds. The second-order valence-corrected chi connectivity index (χ2v) is 11.9. The standard InChI is InChI=1S/C25H29N3O4S2/c1-2-32-25(29)24-27-22(16-33-24)21-15-28(34(30,31)19-11-7-4-8-12-19)23-20(21)13-18(14-26-23)17-9-5-3-6-10-17/h4,7-8,11-14,17,21-22H,2-3,5-6,9-10,15-16H2,1H3. The third-order valence-electron chi connectivity index (χ3n) is 6.91. The molecule has 180 valence electrons. The lowest BCUT2D eigenvalue weighted by atomic mass is 9.83. The molecule has 0 radical (unpaired) electrons. The lowest BCUT2D eigenvalue weighted by Gasteiger charge is -2.23. The highest BCUT2D eigenvalue weighted by molar-refractivity contribution is 8.16. The Hall–Kier alpha value is -2.39. The van der Waals surface area contributed by atoms with Gasteiger partial charge in [0.05, 0.1) is 17.5 Å². The number of fused-ring (bicyclic) bond motifs is 1. The first kappa shape index (κ1) is 23.4. The van der Waals surface area contributed by atoms with Gasteiger partial charge in [-0.2, -0.15) is 0 Å². The fourth-order valence-corrected chi connectivity index (χ4v) is 7.67. The van der Waals surface area contributed by atoms with Gasteiger partial charge in [-0.05, 0) is 49.4 Å². The molecule has 0 spiro atoms. The Labute approximate surface area is 205 Å². The van der Waals surface area contributed by atoms with E-state index in [-0.39, 0.29) is 23.4 Å². The number of hydrogen-bond acceptors (Lipinski definition) is 7. The molecule has 7 nitrogen and oxygen atoms in total.